The van der Waals surface area contributed by atoms with Gasteiger partial charge in [0, 0.05) is 12.1 Å². The number of fused-ring (bicyclic) bond motifs is 2. The number of nitrogens with one attached hydrogen (secondary N) is 1. The van der Waals surface area contributed by atoms with E-state index in [-0.39, 0.29) is 5.91 Å². The monoisotopic (exact) mass is 454 g/mol. The van der Waals surface area contributed by atoms with Crippen molar-refractivity contribution in [3.63, 3.8) is 0 Å². The number of amides is 1. The summed E-state index contributed by atoms with van der Waals surface area (Å²) in [7, 11) is 1.56. The van der Waals surface area contributed by atoms with Gasteiger partial charge in [0.1, 0.15) is 23.6 Å². The molecule has 3 atom stereocenters. The molecule has 0 radical (unpaired) electrons. The second-order valence-electron chi connectivity index (χ2n) is 9.13. The van der Waals surface area contributed by atoms with Crippen molar-refractivity contribution in [2.75, 3.05) is 12.8 Å². The first-order valence-corrected chi connectivity index (χ1v) is 11.6. The molecular formula is C26H26N6O2. The summed E-state index contributed by atoms with van der Waals surface area (Å²) >= 11 is 0. The topological polar surface area (TPSA) is 108 Å². The van der Waals surface area contributed by atoms with E-state index in [0.29, 0.717) is 35.6 Å². The number of methoxy groups -OCH3 is 1. The Hall–Kier alpha value is -3.94. The van der Waals surface area contributed by atoms with E-state index in [4.69, 9.17) is 15.6 Å². The average molecular weight is 455 g/mol. The number of hydrogen-bond donors (Lipinski definition) is 2. The molecule has 4 aromatic rings. The van der Waals surface area contributed by atoms with Crippen LogP contribution >= 0.6 is 0 Å². The lowest BCUT2D eigenvalue weighted by Gasteiger charge is -2.13. The van der Waals surface area contributed by atoms with Crippen LogP contribution in [0.25, 0.3) is 22.3 Å². The second-order valence-corrected chi connectivity index (χ2v) is 9.13. The Kier molecular flexibility index (Phi) is 4.94. The third-order valence-electron chi connectivity index (χ3n) is 7.17. The van der Waals surface area contributed by atoms with Crippen LogP contribution in [-0.2, 0) is 6.54 Å². The molecule has 0 bridgehead atoms. The van der Waals surface area contributed by atoms with E-state index < -0.39 is 0 Å². The van der Waals surface area contributed by atoms with Crippen LogP contribution in [0.15, 0.2) is 54.9 Å². The van der Waals surface area contributed by atoms with Crippen LogP contribution in [0.1, 0.15) is 41.2 Å². The van der Waals surface area contributed by atoms with Crippen molar-refractivity contribution in [1.29, 1.82) is 0 Å². The number of aromatic nitrogens is 4. The minimum absolute atomic E-state index is 0.175. The molecule has 2 unspecified atom stereocenters. The number of hydrogen-bond acceptors (Lipinski definition) is 6. The number of anilines is 1. The molecule has 0 saturated heterocycles. The van der Waals surface area contributed by atoms with Gasteiger partial charge in [-0.1, -0.05) is 36.4 Å². The highest BCUT2D eigenvalue weighted by Crippen LogP contribution is 2.58. The smallest absolute Gasteiger partial charge is 0.255 e. The fourth-order valence-corrected chi connectivity index (χ4v) is 5.30. The van der Waals surface area contributed by atoms with Crippen LogP contribution in [0.5, 0.6) is 5.75 Å². The number of carbonyl (C=O) groups excluding carboxylic acids is 1. The standard InChI is InChI=1S/C26H26N6O2/c1-34-21-5-3-2-4-18(21)26(33)28-13-15-6-8-16(9-7-15)23-22-24(27)29-14-30-25(22)32(31-23)20-11-10-17-12-19(17)20/h2-9,14,17,19-20H,10-13H2,1H3,(H,28,33)(H2,27,29,30)/t17?,19?,20-/m1/s1. The minimum atomic E-state index is -0.175. The van der Waals surface area contributed by atoms with E-state index >= 15 is 0 Å². The lowest BCUT2D eigenvalue weighted by molar-refractivity contribution is 0.0948. The van der Waals surface area contributed by atoms with Crippen molar-refractivity contribution in [2.45, 2.75) is 31.8 Å². The summed E-state index contributed by atoms with van der Waals surface area (Å²) in [5, 5.41) is 8.76. The fraction of sp³-hybridized carbons (Fsp3) is 0.308. The van der Waals surface area contributed by atoms with Crippen LogP contribution < -0.4 is 15.8 Å². The Bertz CT molecular complexity index is 1380. The normalized spacial score (nSPS) is 20.8. The first kappa shape index (κ1) is 20.7. The Morgan fingerprint density at radius 1 is 1.15 bits per heavy atom. The summed E-state index contributed by atoms with van der Waals surface area (Å²) in [6.07, 6.45) is 5.21. The van der Waals surface area contributed by atoms with Gasteiger partial charge >= 0.3 is 0 Å². The maximum Gasteiger partial charge on any atom is 0.255 e. The number of rotatable bonds is 6. The molecule has 8 nitrogen and oxygen atoms in total. The van der Waals surface area contributed by atoms with Gasteiger partial charge in [-0.05, 0) is 48.8 Å². The van der Waals surface area contributed by atoms with E-state index in [9.17, 15) is 4.79 Å². The molecule has 8 heteroatoms. The number of ether oxygens (including phenoxy) is 1. The van der Waals surface area contributed by atoms with Crippen LogP contribution in [0.2, 0.25) is 0 Å². The Morgan fingerprint density at radius 2 is 1.97 bits per heavy atom. The second kappa shape index (κ2) is 8.13. The molecule has 2 aromatic heterocycles. The van der Waals surface area contributed by atoms with Gasteiger partial charge in [-0.3, -0.25) is 4.79 Å². The zero-order valence-electron chi connectivity index (χ0n) is 18.9. The maximum atomic E-state index is 12.6. The minimum Gasteiger partial charge on any atom is -0.496 e. The molecule has 2 heterocycles. The SMILES string of the molecule is COc1ccccc1C(=O)NCc1ccc(-c2nn([C@@H]3CCC4CC43)c3ncnc(N)c23)cc1. The van der Waals surface area contributed by atoms with Gasteiger partial charge in [-0.2, -0.15) is 5.10 Å². The molecular weight excluding hydrogens is 428 g/mol. The molecule has 2 aromatic carbocycles. The van der Waals surface area contributed by atoms with Crippen molar-refractivity contribution < 1.29 is 9.53 Å². The first-order chi connectivity index (χ1) is 16.6. The molecule has 1 amide bonds. The van der Waals surface area contributed by atoms with Crippen LogP contribution in [-0.4, -0.2) is 32.8 Å². The van der Waals surface area contributed by atoms with Crippen LogP contribution in [0.3, 0.4) is 0 Å². The maximum absolute atomic E-state index is 12.6. The van der Waals surface area contributed by atoms with Gasteiger partial charge in [0.2, 0.25) is 0 Å². The van der Waals surface area contributed by atoms with E-state index in [1.807, 2.05) is 36.4 Å². The molecule has 2 fully saturated rings. The summed E-state index contributed by atoms with van der Waals surface area (Å²) in [6, 6.07) is 15.6. The van der Waals surface area contributed by atoms with E-state index in [1.54, 1.807) is 19.2 Å². The van der Waals surface area contributed by atoms with Gasteiger partial charge in [0.15, 0.2) is 5.65 Å². The Balaban J connectivity index is 1.25. The van der Waals surface area contributed by atoms with Gasteiger partial charge in [0.05, 0.1) is 24.1 Å². The van der Waals surface area contributed by atoms with Crippen LogP contribution in [0, 0.1) is 11.8 Å². The molecule has 6 rings (SSSR count). The van der Waals surface area contributed by atoms with E-state index in [1.165, 1.54) is 19.2 Å². The Labute approximate surface area is 197 Å². The average Bonchev–Trinajstić information content (AvgIpc) is 3.36. The van der Waals surface area contributed by atoms with Gasteiger partial charge in [-0.15, -0.1) is 0 Å². The van der Waals surface area contributed by atoms with Gasteiger partial charge in [0.25, 0.3) is 5.91 Å². The molecule has 0 aliphatic heterocycles. The quantitative estimate of drug-likeness (QED) is 0.456. The molecule has 172 valence electrons. The molecule has 2 aliphatic carbocycles. The molecule has 0 spiro atoms. The molecule has 2 saturated carbocycles. The summed E-state index contributed by atoms with van der Waals surface area (Å²) in [5.74, 6) is 2.38. The highest BCUT2D eigenvalue weighted by molar-refractivity contribution is 5.98. The number of nitrogens with zero attached hydrogens (tertiary/aromatic N) is 4. The molecule has 34 heavy (non-hydrogen) atoms. The number of carbonyl (C=O) groups is 1. The van der Waals surface area contributed by atoms with Crippen molar-refractivity contribution in [2.24, 2.45) is 11.8 Å². The first-order valence-electron chi connectivity index (χ1n) is 11.6. The molecule has 2 aliphatic rings. The van der Waals surface area contributed by atoms with Crippen molar-refractivity contribution in [1.82, 2.24) is 25.1 Å². The lowest BCUT2D eigenvalue weighted by atomic mass is 10.1. The number of benzene rings is 2. The van der Waals surface area contributed by atoms with E-state index in [0.717, 1.165) is 40.2 Å². The fourth-order valence-electron chi connectivity index (χ4n) is 5.30. The van der Waals surface area contributed by atoms with Gasteiger partial charge < -0.3 is 15.8 Å². The van der Waals surface area contributed by atoms with Crippen LogP contribution in [0.4, 0.5) is 5.82 Å². The predicted octanol–water partition coefficient (Wildman–Crippen LogP) is 3.99. The lowest BCUT2D eigenvalue weighted by Crippen LogP contribution is -2.23. The number of para-hydroxylation sites is 1. The van der Waals surface area contributed by atoms with Crippen molar-refractivity contribution in [3.05, 3.63) is 66.0 Å². The van der Waals surface area contributed by atoms with Crippen molar-refractivity contribution in [3.8, 4) is 17.0 Å². The molecule has 3 N–H and O–H groups in total. The van der Waals surface area contributed by atoms with Gasteiger partial charge in [-0.25, -0.2) is 14.6 Å². The highest BCUT2D eigenvalue weighted by Gasteiger charge is 2.49. The summed E-state index contributed by atoms with van der Waals surface area (Å²) in [5.41, 5.74) is 10.3. The zero-order chi connectivity index (χ0) is 23.2. The highest BCUT2D eigenvalue weighted by atomic mass is 16.5. The zero-order valence-corrected chi connectivity index (χ0v) is 18.9. The Morgan fingerprint density at radius 3 is 2.71 bits per heavy atom. The summed E-state index contributed by atoms with van der Waals surface area (Å²) in [6.45, 7) is 0.405. The number of nitrogens with two attached hydrogens (primary N) is 1. The third-order valence-corrected chi connectivity index (χ3v) is 7.17. The third kappa shape index (κ3) is 3.46. The van der Waals surface area contributed by atoms with Crippen molar-refractivity contribution >= 4 is 22.8 Å². The predicted molar refractivity (Wildman–Crippen MR) is 129 cm³/mol. The summed E-state index contributed by atoms with van der Waals surface area (Å²) < 4.78 is 7.37. The summed E-state index contributed by atoms with van der Waals surface area (Å²) in [4.78, 5) is 21.4. The largest absolute Gasteiger partial charge is 0.496 e. The van der Waals surface area contributed by atoms with E-state index in [2.05, 4.69) is 20.0 Å². The number of nitrogen functional groups attached to an aromatic ring is 1.